The van der Waals surface area contributed by atoms with E-state index in [2.05, 4.69) is 16.6 Å². The molecule has 18 nitrogen and oxygen atoms in total. The highest BCUT2D eigenvalue weighted by atomic mass is 16.6. The molecule has 69 heavy (non-hydrogen) atoms. The Labute approximate surface area is 412 Å². The van der Waals surface area contributed by atoms with Crippen LogP contribution in [0.4, 0.5) is 4.79 Å². The van der Waals surface area contributed by atoms with E-state index in [1.165, 1.54) is 26.2 Å². The van der Waals surface area contributed by atoms with Gasteiger partial charge in [-0.3, -0.25) is 24.1 Å². The van der Waals surface area contributed by atoms with Crippen LogP contribution in [0.1, 0.15) is 92.7 Å². The van der Waals surface area contributed by atoms with Gasteiger partial charge in [-0.25, -0.2) is 4.79 Å². The number of terminal acetylenes is 1. The van der Waals surface area contributed by atoms with Crippen molar-refractivity contribution in [1.29, 1.82) is 0 Å². The Bertz CT molecular complexity index is 1710. The molecule has 0 saturated carbocycles. The van der Waals surface area contributed by atoms with Crippen molar-refractivity contribution in [3.05, 3.63) is 35.9 Å². The summed E-state index contributed by atoms with van der Waals surface area (Å²) in [6, 6.07) is 5.65. The lowest BCUT2D eigenvalue weighted by Crippen LogP contribution is -2.60. The number of nitrogens with zero attached hydrogens (tertiary/aromatic N) is 3. The number of hydrogen-bond acceptors (Lipinski definition) is 13. The molecule has 10 atom stereocenters. The van der Waals surface area contributed by atoms with Crippen molar-refractivity contribution in [2.75, 3.05) is 94.3 Å². The molecule has 18 heteroatoms. The van der Waals surface area contributed by atoms with Crippen LogP contribution in [0.5, 0.6) is 0 Å². The molecule has 0 radical (unpaired) electrons. The van der Waals surface area contributed by atoms with Gasteiger partial charge < -0.3 is 58.7 Å². The number of benzene rings is 1. The number of hydrogen-bond donors (Lipinski definition) is 3. The minimum atomic E-state index is -0.974. The summed E-state index contributed by atoms with van der Waals surface area (Å²) in [6.07, 6.45) is 4.12. The van der Waals surface area contributed by atoms with Gasteiger partial charge >= 0.3 is 6.09 Å². The van der Waals surface area contributed by atoms with Crippen LogP contribution in [0, 0.1) is 36.0 Å². The fourth-order valence-corrected chi connectivity index (χ4v) is 8.77. The summed E-state index contributed by atoms with van der Waals surface area (Å²) in [5.41, 5.74) is 0.688. The van der Waals surface area contributed by atoms with Crippen LogP contribution in [0.25, 0.3) is 0 Å². The van der Waals surface area contributed by atoms with Crippen molar-refractivity contribution in [2.45, 2.75) is 130 Å². The van der Waals surface area contributed by atoms with E-state index in [-0.39, 0.29) is 68.3 Å². The first-order valence-corrected chi connectivity index (χ1v) is 24.5. The average molecular weight is 976 g/mol. The minimum absolute atomic E-state index is 0.0439. The molecule has 3 N–H and O–H groups in total. The van der Waals surface area contributed by atoms with Crippen LogP contribution < -0.4 is 10.6 Å². The van der Waals surface area contributed by atoms with Crippen LogP contribution in [0.3, 0.4) is 0 Å². The smallest absolute Gasteiger partial charge is 0.410 e. The van der Waals surface area contributed by atoms with Crippen molar-refractivity contribution in [3.63, 3.8) is 0 Å². The van der Waals surface area contributed by atoms with E-state index in [1.54, 1.807) is 56.7 Å². The molecule has 1 aromatic carbocycles. The van der Waals surface area contributed by atoms with Gasteiger partial charge in [-0.15, -0.1) is 6.42 Å². The van der Waals surface area contributed by atoms with E-state index in [1.807, 2.05) is 45.9 Å². The lowest BCUT2D eigenvalue weighted by molar-refractivity contribution is -0.148. The maximum absolute atomic E-state index is 14.6. The Hall–Kier alpha value is -4.35. The van der Waals surface area contributed by atoms with Crippen LogP contribution in [-0.2, 0) is 52.3 Å². The van der Waals surface area contributed by atoms with E-state index in [0.717, 1.165) is 0 Å². The molecule has 2 rings (SSSR count). The molecule has 0 aromatic heterocycles. The third-order valence-corrected chi connectivity index (χ3v) is 12.8. The normalized spacial score (nSPS) is 17.7. The molecule has 1 saturated heterocycles. The molecule has 5 amide bonds. The van der Waals surface area contributed by atoms with Crippen LogP contribution in [0.15, 0.2) is 30.3 Å². The molecule has 1 aliphatic heterocycles. The molecule has 0 unspecified atom stereocenters. The van der Waals surface area contributed by atoms with Gasteiger partial charge in [0.25, 0.3) is 0 Å². The van der Waals surface area contributed by atoms with Crippen LogP contribution in [-0.4, -0.2) is 186 Å². The summed E-state index contributed by atoms with van der Waals surface area (Å²) in [7, 11) is 6.20. The van der Waals surface area contributed by atoms with Gasteiger partial charge in [0.1, 0.15) is 25.3 Å². The Morgan fingerprint density at radius 2 is 1.38 bits per heavy atom. The van der Waals surface area contributed by atoms with E-state index < -0.39 is 66.4 Å². The number of likely N-dealkylation sites (tertiary alicyclic amines) is 1. The van der Waals surface area contributed by atoms with Gasteiger partial charge in [0, 0.05) is 34.9 Å². The molecule has 0 spiro atoms. The fourth-order valence-electron chi connectivity index (χ4n) is 8.77. The summed E-state index contributed by atoms with van der Waals surface area (Å²) in [4.78, 5) is 74.3. The monoisotopic (exact) mass is 976 g/mol. The Kier molecular flexibility index (Phi) is 28.6. The number of carbonyl (C=O) groups is 5. The molecule has 1 heterocycles. The van der Waals surface area contributed by atoms with E-state index in [0.29, 0.717) is 64.4 Å². The first kappa shape index (κ1) is 60.8. The Morgan fingerprint density at radius 1 is 0.797 bits per heavy atom. The number of aliphatic hydroxyl groups is 1. The summed E-state index contributed by atoms with van der Waals surface area (Å²) in [6.45, 7) is 17.8. The molecule has 392 valence electrons. The Morgan fingerprint density at radius 3 is 1.90 bits per heavy atom. The van der Waals surface area contributed by atoms with Crippen LogP contribution >= 0.6 is 0 Å². The highest BCUT2D eigenvalue weighted by molar-refractivity contribution is 5.91. The standard InChI is InChI=1S/C51H85N5O13/c1-14-24-65-25-26-66-27-28-67-29-30-68-31-32-69-51(62)55(11)44(35(5)6)49(60)53-43(34(3)4)50(61)54(10)45(36(7)15-2)41(63-12)33-42(57)56-23-19-22-40(56)47(64-13)37(8)48(59)52-38(9)46(58)39-20-17-16-18-21-39/h1,16-18,20-21,34-38,40-41,43-47,58H,15,19,22-33H2,2-13H3,(H,52,59)(H,53,60)/t36-,37+,38+,40-,41+,43-,44-,45-,46+,47+/m0/s1. The molecule has 1 aromatic rings. The summed E-state index contributed by atoms with van der Waals surface area (Å²) in [5.74, 6) is -0.439. The van der Waals surface area contributed by atoms with Gasteiger partial charge in [0.2, 0.25) is 23.6 Å². The summed E-state index contributed by atoms with van der Waals surface area (Å²) < 4.78 is 38.9. The number of amides is 5. The first-order valence-electron chi connectivity index (χ1n) is 24.5. The third-order valence-electron chi connectivity index (χ3n) is 12.8. The number of likely N-dealkylation sites (N-methyl/N-ethyl adjacent to an activating group) is 2. The quantitative estimate of drug-likeness (QED) is 0.0673. The lowest BCUT2D eigenvalue weighted by atomic mass is 9.89. The molecular formula is C51H85N5O13. The lowest BCUT2D eigenvalue weighted by Gasteiger charge is -2.41. The van der Waals surface area contributed by atoms with E-state index in [9.17, 15) is 29.1 Å². The van der Waals surface area contributed by atoms with Crippen LogP contribution in [0.2, 0.25) is 0 Å². The number of carbonyl (C=O) groups excluding carboxylic acids is 5. The van der Waals surface area contributed by atoms with Crippen molar-refractivity contribution in [1.82, 2.24) is 25.3 Å². The largest absolute Gasteiger partial charge is 0.447 e. The maximum atomic E-state index is 14.6. The van der Waals surface area contributed by atoms with Gasteiger partial charge in [0.05, 0.1) is 95.0 Å². The SMILES string of the molecule is C#CCOCCOCCOCCOCCOC(=O)N(C)[C@H](C(=O)N[C@H](C(=O)N(C)[C@@H]([C@@H](C)CC)[C@@H](CC(=O)N1CCC[C@H]1[C@H](OC)[C@@H](C)C(=O)N[C@H](C)[C@@H](O)c1ccccc1)OC)C(C)C)C(C)C. The molecule has 1 aliphatic rings. The zero-order valence-electron chi connectivity index (χ0n) is 43.5. The molecule has 0 aliphatic carbocycles. The topological polar surface area (TPSA) is 204 Å². The van der Waals surface area contributed by atoms with Gasteiger partial charge in [-0.2, -0.15) is 0 Å². The predicted molar refractivity (Wildman–Crippen MR) is 262 cm³/mol. The number of ether oxygens (including phenoxy) is 7. The third kappa shape index (κ3) is 19.4. The number of nitrogens with one attached hydrogen (secondary N) is 2. The second-order valence-electron chi connectivity index (χ2n) is 18.5. The number of rotatable bonds is 33. The highest BCUT2D eigenvalue weighted by Crippen LogP contribution is 2.30. The second-order valence-corrected chi connectivity index (χ2v) is 18.5. The Balaban J connectivity index is 2.08. The number of methoxy groups -OCH3 is 2. The van der Waals surface area contributed by atoms with Crippen molar-refractivity contribution >= 4 is 29.7 Å². The van der Waals surface area contributed by atoms with Crippen molar-refractivity contribution in [2.24, 2.45) is 23.7 Å². The van der Waals surface area contributed by atoms with E-state index in [4.69, 9.17) is 39.6 Å². The average Bonchev–Trinajstić information content (AvgIpc) is 3.82. The zero-order chi connectivity index (χ0) is 51.6. The fraction of sp³-hybridized carbons (Fsp3) is 0.745. The molecule has 0 bridgehead atoms. The second kappa shape index (κ2) is 32.5. The predicted octanol–water partition coefficient (Wildman–Crippen LogP) is 4.08. The maximum Gasteiger partial charge on any atom is 0.410 e. The summed E-state index contributed by atoms with van der Waals surface area (Å²) in [5, 5.41) is 16.8. The van der Waals surface area contributed by atoms with Gasteiger partial charge in [-0.05, 0) is 43.1 Å². The summed E-state index contributed by atoms with van der Waals surface area (Å²) >= 11 is 0. The van der Waals surface area contributed by atoms with Gasteiger partial charge in [-0.1, -0.05) is 91.1 Å². The van der Waals surface area contributed by atoms with Crippen molar-refractivity contribution in [3.8, 4) is 12.3 Å². The van der Waals surface area contributed by atoms with E-state index >= 15 is 0 Å². The van der Waals surface area contributed by atoms with Gasteiger partial charge in [0.15, 0.2) is 0 Å². The number of aliphatic hydroxyl groups excluding tert-OH is 1. The minimum Gasteiger partial charge on any atom is -0.447 e. The molecule has 1 fully saturated rings. The van der Waals surface area contributed by atoms with Crippen molar-refractivity contribution < 1.29 is 62.2 Å². The molecular weight excluding hydrogens is 891 g/mol. The first-order chi connectivity index (χ1) is 32.9. The highest BCUT2D eigenvalue weighted by Gasteiger charge is 2.43. The zero-order valence-corrected chi connectivity index (χ0v) is 43.5.